The van der Waals surface area contributed by atoms with Crippen LogP contribution in [0.4, 0.5) is 30.4 Å². The largest absolute Gasteiger partial charge is 0.456 e. The second kappa shape index (κ2) is 9.82. The maximum Gasteiger partial charge on any atom is 0.338 e. The number of nitrogens with one attached hydrogen (secondary N) is 2. The van der Waals surface area contributed by atoms with E-state index in [1.54, 1.807) is 45.0 Å². The van der Waals surface area contributed by atoms with Gasteiger partial charge in [-0.3, -0.25) is 4.79 Å². The van der Waals surface area contributed by atoms with E-state index in [-0.39, 0.29) is 17.1 Å². The first kappa shape index (κ1) is 24.6. The van der Waals surface area contributed by atoms with Gasteiger partial charge in [-0.25, -0.2) is 22.9 Å². The molecule has 7 nitrogen and oxygen atoms in total. The molecule has 3 rings (SSSR count). The molecule has 0 unspecified atom stereocenters. The molecule has 1 aromatic heterocycles. The number of aromatic nitrogens is 1. The Morgan fingerprint density at radius 2 is 1.68 bits per heavy atom. The third-order valence-electron chi connectivity index (χ3n) is 4.56. The lowest BCUT2D eigenvalue weighted by Crippen LogP contribution is -2.23. The maximum atomic E-state index is 14.0. The highest BCUT2D eigenvalue weighted by molar-refractivity contribution is 5.98. The van der Waals surface area contributed by atoms with Crippen molar-refractivity contribution in [3.63, 3.8) is 0 Å². The number of primary amides is 1. The number of anilines is 3. The van der Waals surface area contributed by atoms with Crippen molar-refractivity contribution in [2.24, 2.45) is 5.73 Å². The van der Waals surface area contributed by atoms with Crippen molar-refractivity contribution in [3.05, 3.63) is 82.8 Å². The smallest absolute Gasteiger partial charge is 0.338 e. The number of esters is 1. The highest BCUT2D eigenvalue weighted by Gasteiger charge is 2.18. The van der Waals surface area contributed by atoms with Crippen LogP contribution >= 0.6 is 0 Å². The molecule has 0 atom stereocenters. The number of nitrogens with two attached hydrogens (primary N) is 1. The molecule has 0 fully saturated rings. The van der Waals surface area contributed by atoms with Crippen molar-refractivity contribution in [1.29, 1.82) is 0 Å². The van der Waals surface area contributed by atoms with Crippen LogP contribution in [0.3, 0.4) is 0 Å². The third-order valence-corrected chi connectivity index (χ3v) is 4.56. The molecule has 0 aliphatic rings. The van der Waals surface area contributed by atoms with Crippen molar-refractivity contribution in [2.75, 3.05) is 10.6 Å². The van der Waals surface area contributed by atoms with E-state index in [2.05, 4.69) is 15.6 Å². The summed E-state index contributed by atoms with van der Waals surface area (Å²) in [6.45, 7) is 4.87. The SMILES string of the molecule is CC(C)(C)OC(=O)c1ccc(Nc2cc(NCc3c(F)ccc(F)c3F)c(C(N)=O)cn2)cc1. The van der Waals surface area contributed by atoms with E-state index >= 15 is 0 Å². The predicted molar refractivity (Wildman–Crippen MR) is 121 cm³/mol. The second-order valence-corrected chi connectivity index (χ2v) is 8.36. The monoisotopic (exact) mass is 472 g/mol. The molecule has 0 aliphatic carbocycles. The molecular weight excluding hydrogens is 449 g/mol. The molecule has 34 heavy (non-hydrogen) atoms. The fourth-order valence-electron chi connectivity index (χ4n) is 2.96. The molecule has 4 N–H and O–H groups in total. The number of hydrogen-bond acceptors (Lipinski definition) is 6. The van der Waals surface area contributed by atoms with Crippen LogP contribution in [0.5, 0.6) is 0 Å². The van der Waals surface area contributed by atoms with E-state index in [1.807, 2.05) is 0 Å². The number of carbonyl (C=O) groups is 2. The van der Waals surface area contributed by atoms with Gasteiger partial charge >= 0.3 is 5.97 Å². The Morgan fingerprint density at radius 1 is 1.03 bits per heavy atom. The van der Waals surface area contributed by atoms with Crippen LogP contribution in [0.15, 0.2) is 48.7 Å². The van der Waals surface area contributed by atoms with Crippen LogP contribution in [-0.4, -0.2) is 22.5 Å². The zero-order chi connectivity index (χ0) is 25.0. The van der Waals surface area contributed by atoms with Gasteiger partial charge in [0.2, 0.25) is 0 Å². The summed E-state index contributed by atoms with van der Waals surface area (Å²) in [4.78, 5) is 28.0. The summed E-state index contributed by atoms with van der Waals surface area (Å²) in [5, 5.41) is 5.69. The zero-order valence-electron chi connectivity index (χ0n) is 18.7. The lowest BCUT2D eigenvalue weighted by Gasteiger charge is -2.19. The van der Waals surface area contributed by atoms with Gasteiger partial charge in [-0.05, 0) is 57.2 Å². The van der Waals surface area contributed by atoms with Crippen LogP contribution in [0.2, 0.25) is 0 Å². The molecule has 2 aromatic carbocycles. The minimum atomic E-state index is -1.33. The predicted octanol–water partition coefficient (Wildman–Crippen LogP) is 4.91. The Morgan fingerprint density at radius 3 is 2.29 bits per heavy atom. The Balaban J connectivity index is 1.79. The van der Waals surface area contributed by atoms with Gasteiger partial charge in [-0.15, -0.1) is 0 Å². The van der Waals surface area contributed by atoms with Gasteiger partial charge in [-0.1, -0.05) is 0 Å². The summed E-state index contributed by atoms with van der Waals surface area (Å²) in [5.74, 6) is -4.47. The lowest BCUT2D eigenvalue weighted by molar-refractivity contribution is 0.00694. The molecular formula is C24H23F3N4O3. The van der Waals surface area contributed by atoms with Gasteiger partial charge < -0.3 is 21.1 Å². The van der Waals surface area contributed by atoms with Gasteiger partial charge in [0.05, 0.1) is 16.8 Å². The number of amides is 1. The quantitative estimate of drug-likeness (QED) is 0.333. The molecule has 0 saturated carbocycles. The van der Waals surface area contributed by atoms with E-state index in [4.69, 9.17) is 10.5 Å². The van der Waals surface area contributed by atoms with Crippen molar-refractivity contribution < 1.29 is 27.5 Å². The Kier molecular flexibility index (Phi) is 7.09. The first-order valence-electron chi connectivity index (χ1n) is 10.2. The summed E-state index contributed by atoms with van der Waals surface area (Å²) in [6.07, 6.45) is 1.19. The van der Waals surface area contributed by atoms with E-state index in [0.717, 1.165) is 6.07 Å². The summed E-state index contributed by atoms with van der Waals surface area (Å²) >= 11 is 0. The fraction of sp³-hybridized carbons (Fsp3) is 0.208. The number of pyridine rings is 1. The molecule has 0 radical (unpaired) electrons. The summed E-state index contributed by atoms with van der Waals surface area (Å²) in [6, 6.07) is 9.32. The lowest BCUT2D eigenvalue weighted by atomic mass is 10.1. The number of nitrogens with zero attached hydrogens (tertiary/aromatic N) is 1. The van der Waals surface area contributed by atoms with Crippen molar-refractivity contribution >= 4 is 29.1 Å². The molecule has 0 bridgehead atoms. The Hall–Kier alpha value is -4.08. The summed E-state index contributed by atoms with van der Waals surface area (Å²) in [7, 11) is 0. The van der Waals surface area contributed by atoms with Gasteiger partial charge in [0, 0.05) is 30.1 Å². The Labute approximate surface area is 194 Å². The molecule has 1 amide bonds. The van der Waals surface area contributed by atoms with Gasteiger partial charge in [-0.2, -0.15) is 0 Å². The maximum absolute atomic E-state index is 14.0. The van der Waals surface area contributed by atoms with Crippen LogP contribution in [0, 0.1) is 17.5 Å². The standard InChI is InChI=1S/C24H23F3N4O3/c1-24(2,3)34-23(33)13-4-6-14(7-5-13)31-20-10-19(16(12-30-20)22(28)32)29-11-15-17(25)8-9-18(26)21(15)27/h4-10,12H,11H2,1-3H3,(H2,28,32)(H2,29,30,31). The highest BCUT2D eigenvalue weighted by atomic mass is 19.2. The molecule has 0 saturated heterocycles. The van der Waals surface area contributed by atoms with Crippen molar-refractivity contribution in [3.8, 4) is 0 Å². The summed E-state index contributed by atoms with van der Waals surface area (Å²) < 4.78 is 46.7. The van der Waals surface area contributed by atoms with Crippen molar-refractivity contribution in [1.82, 2.24) is 4.98 Å². The van der Waals surface area contributed by atoms with Crippen LogP contribution in [0.25, 0.3) is 0 Å². The molecule has 0 aliphatic heterocycles. The number of benzene rings is 2. The minimum absolute atomic E-state index is 0.0250. The minimum Gasteiger partial charge on any atom is -0.456 e. The average molecular weight is 472 g/mol. The zero-order valence-corrected chi connectivity index (χ0v) is 18.7. The number of ether oxygens (including phenoxy) is 1. The first-order chi connectivity index (χ1) is 15.9. The van der Waals surface area contributed by atoms with E-state index in [1.165, 1.54) is 12.3 Å². The van der Waals surface area contributed by atoms with E-state index in [0.29, 0.717) is 17.3 Å². The van der Waals surface area contributed by atoms with Crippen LogP contribution < -0.4 is 16.4 Å². The first-order valence-corrected chi connectivity index (χ1v) is 10.2. The highest BCUT2D eigenvalue weighted by Crippen LogP contribution is 2.24. The normalized spacial score (nSPS) is 11.1. The number of carbonyl (C=O) groups excluding carboxylic acids is 2. The second-order valence-electron chi connectivity index (χ2n) is 8.36. The topological polar surface area (TPSA) is 106 Å². The van der Waals surface area contributed by atoms with E-state index < -0.39 is 47.0 Å². The van der Waals surface area contributed by atoms with E-state index in [9.17, 15) is 22.8 Å². The molecule has 3 aromatic rings. The number of halogens is 3. The number of rotatable bonds is 7. The molecule has 0 spiro atoms. The summed E-state index contributed by atoms with van der Waals surface area (Å²) in [5.41, 5.74) is 5.26. The van der Waals surface area contributed by atoms with Gasteiger partial charge in [0.25, 0.3) is 5.91 Å². The van der Waals surface area contributed by atoms with Crippen LogP contribution in [0.1, 0.15) is 47.1 Å². The molecule has 1 heterocycles. The van der Waals surface area contributed by atoms with Crippen LogP contribution in [-0.2, 0) is 11.3 Å². The third kappa shape index (κ3) is 6.03. The fourth-order valence-corrected chi connectivity index (χ4v) is 2.96. The average Bonchev–Trinajstić information content (AvgIpc) is 2.75. The molecule has 178 valence electrons. The number of hydrogen-bond donors (Lipinski definition) is 3. The van der Waals surface area contributed by atoms with Crippen molar-refractivity contribution in [2.45, 2.75) is 32.9 Å². The Bertz CT molecular complexity index is 1230. The van der Waals surface area contributed by atoms with Gasteiger partial charge in [0.15, 0.2) is 11.6 Å². The van der Waals surface area contributed by atoms with Gasteiger partial charge in [0.1, 0.15) is 17.2 Å². The molecule has 10 heteroatoms.